The SMILES string of the molecule is CCCCCCCCCCCC(O)C(=O)[C@H]1O[C@@H](n2ccc(N)nc2=O)C[C@@H]1O. The van der Waals surface area contributed by atoms with Gasteiger partial charge in [0.1, 0.15) is 24.3 Å². The third kappa shape index (κ3) is 7.21. The zero-order valence-electron chi connectivity index (χ0n) is 17.3. The molecule has 0 radical (unpaired) electrons. The number of hydrogen-bond acceptors (Lipinski definition) is 7. The summed E-state index contributed by atoms with van der Waals surface area (Å²) in [6.45, 7) is 2.21. The van der Waals surface area contributed by atoms with Gasteiger partial charge in [0, 0.05) is 12.6 Å². The van der Waals surface area contributed by atoms with E-state index in [0.717, 1.165) is 19.3 Å². The molecule has 0 spiro atoms. The van der Waals surface area contributed by atoms with Gasteiger partial charge in [0.2, 0.25) is 0 Å². The van der Waals surface area contributed by atoms with Crippen molar-refractivity contribution in [2.24, 2.45) is 0 Å². The van der Waals surface area contributed by atoms with Crippen LogP contribution < -0.4 is 11.4 Å². The second kappa shape index (κ2) is 12.0. The van der Waals surface area contributed by atoms with Crippen molar-refractivity contribution in [3.05, 3.63) is 22.7 Å². The first-order chi connectivity index (χ1) is 13.9. The molecule has 0 bridgehead atoms. The topological polar surface area (TPSA) is 128 Å². The number of unbranched alkanes of at least 4 members (excludes halogenated alkanes) is 8. The molecule has 1 aliphatic heterocycles. The van der Waals surface area contributed by atoms with Crippen LogP contribution in [0.1, 0.15) is 83.8 Å². The van der Waals surface area contributed by atoms with Crippen LogP contribution in [0.2, 0.25) is 0 Å². The molecule has 2 rings (SSSR count). The van der Waals surface area contributed by atoms with Crippen molar-refractivity contribution in [1.82, 2.24) is 9.55 Å². The van der Waals surface area contributed by atoms with E-state index >= 15 is 0 Å². The fourth-order valence-electron chi connectivity index (χ4n) is 3.71. The van der Waals surface area contributed by atoms with E-state index in [-0.39, 0.29) is 12.2 Å². The first-order valence-corrected chi connectivity index (χ1v) is 10.8. The second-order valence-corrected chi connectivity index (χ2v) is 7.89. The zero-order valence-corrected chi connectivity index (χ0v) is 17.3. The number of Topliss-reactive ketones (excluding diaryl/α,β-unsaturated/α-hetero) is 1. The van der Waals surface area contributed by atoms with E-state index in [1.807, 2.05) is 0 Å². The third-order valence-electron chi connectivity index (χ3n) is 5.45. The highest BCUT2D eigenvalue weighted by Gasteiger charge is 2.41. The van der Waals surface area contributed by atoms with E-state index in [2.05, 4.69) is 11.9 Å². The number of rotatable bonds is 13. The Labute approximate surface area is 172 Å². The first-order valence-electron chi connectivity index (χ1n) is 10.8. The van der Waals surface area contributed by atoms with Crippen LogP contribution >= 0.6 is 0 Å². The van der Waals surface area contributed by atoms with Crippen LogP contribution in [0.5, 0.6) is 0 Å². The largest absolute Gasteiger partial charge is 0.390 e. The molecule has 8 heteroatoms. The molecule has 1 saturated heterocycles. The van der Waals surface area contributed by atoms with E-state index in [1.54, 1.807) is 0 Å². The molecule has 0 aromatic carbocycles. The van der Waals surface area contributed by atoms with Gasteiger partial charge in [-0.2, -0.15) is 4.98 Å². The maximum absolute atomic E-state index is 12.5. The van der Waals surface area contributed by atoms with Crippen molar-refractivity contribution in [1.29, 1.82) is 0 Å². The molecule has 1 fully saturated rings. The van der Waals surface area contributed by atoms with E-state index < -0.39 is 36.0 Å². The lowest BCUT2D eigenvalue weighted by Gasteiger charge is -2.18. The number of nitrogen functional groups attached to an aromatic ring is 1. The highest BCUT2D eigenvalue weighted by atomic mass is 16.5. The Kier molecular flexibility index (Phi) is 9.76. The molecular weight excluding hydrogens is 374 g/mol. The standard InChI is InChI=1S/C21H35N3O5/c1-2-3-4-5-6-7-8-9-10-11-15(25)19(27)20-16(26)14-18(29-20)24-13-12-17(22)23-21(24)28/h12-13,15-16,18,20,25-26H,2-11,14H2,1H3,(H2,22,23,28)/t15?,16-,18+,20-/m0/s1. The molecule has 4 atom stereocenters. The van der Waals surface area contributed by atoms with Crippen LogP contribution in [0.25, 0.3) is 0 Å². The minimum atomic E-state index is -1.17. The van der Waals surface area contributed by atoms with Gasteiger partial charge in [0.25, 0.3) is 0 Å². The van der Waals surface area contributed by atoms with Gasteiger partial charge in [0.15, 0.2) is 5.78 Å². The van der Waals surface area contributed by atoms with Crippen molar-refractivity contribution in [2.45, 2.75) is 102 Å². The molecule has 0 saturated carbocycles. The van der Waals surface area contributed by atoms with Crippen molar-refractivity contribution in [3.8, 4) is 0 Å². The molecule has 8 nitrogen and oxygen atoms in total. The molecule has 0 aliphatic carbocycles. The lowest BCUT2D eigenvalue weighted by molar-refractivity contribution is -0.144. The Hall–Kier alpha value is -1.77. The van der Waals surface area contributed by atoms with Crippen LogP contribution in [-0.2, 0) is 9.53 Å². The van der Waals surface area contributed by atoms with Crippen molar-refractivity contribution in [3.63, 3.8) is 0 Å². The van der Waals surface area contributed by atoms with Crippen molar-refractivity contribution < 1.29 is 19.7 Å². The molecule has 4 N–H and O–H groups in total. The minimum Gasteiger partial charge on any atom is -0.390 e. The number of aromatic nitrogens is 2. The predicted molar refractivity (Wildman–Crippen MR) is 110 cm³/mol. The first kappa shape index (κ1) is 23.5. The zero-order chi connectivity index (χ0) is 21.2. The second-order valence-electron chi connectivity index (χ2n) is 7.89. The molecule has 1 aromatic heterocycles. The van der Waals surface area contributed by atoms with Crippen molar-refractivity contribution in [2.75, 3.05) is 5.73 Å². The van der Waals surface area contributed by atoms with E-state index in [0.29, 0.717) is 6.42 Å². The molecule has 0 amide bonds. The van der Waals surface area contributed by atoms with Gasteiger partial charge < -0.3 is 20.7 Å². The minimum absolute atomic E-state index is 0.0761. The summed E-state index contributed by atoms with van der Waals surface area (Å²) in [6, 6.07) is 1.45. The summed E-state index contributed by atoms with van der Waals surface area (Å²) in [5.41, 5.74) is 4.86. The number of nitrogens with zero attached hydrogens (tertiary/aromatic N) is 2. The fourth-order valence-corrected chi connectivity index (χ4v) is 3.71. The third-order valence-corrected chi connectivity index (χ3v) is 5.45. The summed E-state index contributed by atoms with van der Waals surface area (Å²) < 4.78 is 6.77. The molecule has 1 aliphatic rings. The van der Waals surface area contributed by atoms with E-state index in [9.17, 15) is 19.8 Å². The number of anilines is 1. The summed E-state index contributed by atoms with van der Waals surface area (Å²) >= 11 is 0. The van der Waals surface area contributed by atoms with Gasteiger partial charge >= 0.3 is 5.69 Å². The summed E-state index contributed by atoms with van der Waals surface area (Å²) in [6.07, 6.45) is 8.05. The average molecular weight is 410 g/mol. The number of aliphatic hydroxyl groups excluding tert-OH is 2. The van der Waals surface area contributed by atoms with Gasteiger partial charge in [-0.3, -0.25) is 9.36 Å². The Balaban J connectivity index is 1.71. The average Bonchev–Trinajstić information content (AvgIpc) is 3.07. The molecular formula is C21H35N3O5. The van der Waals surface area contributed by atoms with Crippen LogP contribution in [0.15, 0.2) is 17.1 Å². The van der Waals surface area contributed by atoms with Crippen LogP contribution in [-0.4, -0.2) is 43.9 Å². The number of aliphatic hydroxyl groups is 2. The highest BCUT2D eigenvalue weighted by Crippen LogP contribution is 2.29. The predicted octanol–water partition coefficient (Wildman–Crippen LogP) is 2.32. The number of ether oxygens (including phenoxy) is 1. The maximum Gasteiger partial charge on any atom is 0.351 e. The van der Waals surface area contributed by atoms with Gasteiger partial charge in [-0.1, -0.05) is 64.7 Å². The Morgan fingerprint density at radius 2 is 1.86 bits per heavy atom. The number of ketones is 1. The quantitative estimate of drug-likeness (QED) is 0.427. The number of nitrogens with two attached hydrogens (primary N) is 1. The van der Waals surface area contributed by atoms with Gasteiger partial charge in [-0.25, -0.2) is 4.79 Å². The molecule has 1 unspecified atom stereocenters. The molecule has 164 valence electrons. The Morgan fingerprint density at radius 1 is 1.24 bits per heavy atom. The van der Waals surface area contributed by atoms with Gasteiger partial charge in [-0.15, -0.1) is 0 Å². The summed E-state index contributed by atoms with van der Waals surface area (Å²) in [7, 11) is 0. The molecule has 2 heterocycles. The lowest BCUT2D eigenvalue weighted by atomic mass is 9.99. The van der Waals surface area contributed by atoms with E-state index in [1.165, 1.54) is 55.4 Å². The maximum atomic E-state index is 12.5. The fraction of sp³-hybridized carbons (Fsp3) is 0.762. The summed E-state index contributed by atoms with van der Waals surface area (Å²) in [5, 5.41) is 20.4. The summed E-state index contributed by atoms with van der Waals surface area (Å²) in [4.78, 5) is 28.0. The smallest absolute Gasteiger partial charge is 0.351 e. The van der Waals surface area contributed by atoms with Crippen molar-refractivity contribution >= 4 is 11.6 Å². The number of carbonyl (C=O) groups excluding carboxylic acids is 1. The van der Waals surface area contributed by atoms with E-state index in [4.69, 9.17) is 10.5 Å². The van der Waals surface area contributed by atoms with Crippen LogP contribution in [0.4, 0.5) is 5.82 Å². The van der Waals surface area contributed by atoms with Gasteiger partial charge in [-0.05, 0) is 12.5 Å². The van der Waals surface area contributed by atoms with Gasteiger partial charge in [0.05, 0.1) is 6.10 Å². The van der Waals surface area contributed by atoms with Crippen LogP contribution in [0, 0.1) is 0 Å². The number of hydrogen-bond donors (Lipinski definition) is 3. The highest BCUT2D eigenvalue weighted by molar-refractivity contribution is 5.87. The lowest BCUT2D eigenvalue weighted by Crippen LogP contribution is -2.38. The number of carbonyl (C=O) groups is 1. The Bertz CT molecular complexity index is 693. The monoisotopic (exact) mass is 409 g/mol. The molecule has 29 heavy (non-hydrogen) atoms. The normalized spacial score (nSPS) is 22.7. The Morgan fingerprint density at radius 3 is 2.48 bits per heavy atom. The summed E-state index contributed by atoms with van der Waals surface area (Å²) in [5.74, 6) is -0.440. The van der Waals surface area contributed by atoms with Crippen LogP contribution in [0.3, 0.4) is 0 Å². The molecule has 1 aromatic rings.